The van der Waals surface area contributed by atoms with Crippen LogP contribution in [0, 0.1) is 0 Å². The molecule has 5 nitrogen and oxygen atoms in total. The first-order valence-corrected chi connectivity index (χ1v) is 8.19. The molecule has 1 aromatic rings. The van der Waals surface area contributed by atoms with Crippen molar-refractivity contribution in [1.82, 2.24) is 10.2 Å². The highest BCUT2D eigenvalue weighted by atomic mass is 35.5. The lowest BCUT2D eigenvalue weighted by atomic mass is 10.2. The molecule has 2 saturated heterocycles. The van der Waals surface area contributed by atoms with Gasteiger partial charge in [-0.25, -0.2) is 4.79 Å². The number of anilines is 1. The highest BCUT2D eigenvalue weighted by molar-refractivity contribution is 6.30. The Hall–Kier alpha value is -1.62. The zero-order chi connectivity index (χ0) is 15.5. The molecule has 1 aromatic carbocycles. The lowest BCUT2D eigenvalue weighted by Crippen LogP contribution is -2.44. The van der Waals surface area contributed by atoms with Gasteiger partial charge in [-0.15, -0.1) is 0 Å². The summed E-state index contributed by atoms with van der Waals surface area (Å²) in [6, 6.07) is 5.88. The van der Waals surface area contributed by atoms with E-state index in [-0.39, 0.29) is 12.1 Å². The molecule has 1 N–H and O–H groups in total. The number of urea groups is 1. The molecule has 0 aromatic heterocycles. The Balaban J connectivity index is 1.62. The molecular weight excluding hydrogens is 302 g/mol. The van der Waals surface area contributed by atoms with Crippen molar-refractivity contribution >= 4 is 23.3 Å². The normalized spacial score (nSPS) is 21.3. The van der Waals surface area contributed by atoms with Crippen LogP contribution in [0.2, 0.25) is 5.02 Å². The molecule has 6 heteroatoms. The van der Waals surface area contributed by atoms with Crippen molar-refractivity contribution in [2.75, 3.05) is 38.2 Å². The topological polar surface area (TPSA) is 44.8 Å². The minimum Gasteiger partial charge on any atom is -0.495 e. The van der Waals surface area contributed by atoms with E-state index < -0.39 is 0 Å². The summed E-state index contributed by atoms with van der Waals surface area (Å²) in [5.41, 5.74) is 0.993. The third kappa shape index (κ3) is 3.24. The third-order valence-electron chi connectivity index (χ3n) is 4.39. The molecule has 0 saturated carbocycles. The van der Waals surface area contributed by atoms with Gasteiger partial charge in [0.1, 0.15) is 5.75 Å². The van der Waals surface area contributed by atoms with Gasteiger partial charge in [-0.2, -0.15) is 0 Å². The maximum Gasteiger partial charge on any atom is 0.317 e. The zero-order valence-corrected chi connectivity index (χ0v) is 13.6. The van der Waals surface area contributed by atoms with Crippen molar-refractivity contribution < 1.29 is 9.53 Å². The molecule has 120 valence electrons. The molecule has 0 aliphatic carbocycles. The van der Waals surface area contributed by atoms with E-state index in [1.165, 1.54) is 0 Å². The van der Waals surface area contributed by atoms with E-state index in [1.54, 1.807) is 7.11 Å². The largest absolute Gasteiger partial charge is 0.495 e. The van der Waals surface area contributed by atoms with Crippen LogP contribution in [-0.4, -0.2) is 50.3 Å². The number of carbonyl (C=O) groups is 1. The van der Waals surface area contributed by atoms with Crippen LogP contribution >= 0.6 is 11.6 Å². The Labute approximate surface area is 136 Å². The first-order valence-electron chi connectivity index (χ1n) is 7.81. The molecule has 2 amide bonds. The second-order valence-corrected chi connectivity index (χ2v) is 6.33. The summed E-state index contributed by atoms with van der Waals surface area (Å²) in [4.78, 5) is 16.3. The monoisotopic (exact) mass is 323 g/mol. The van der Waals surface area contributed by atoms with Gasteiger partial charge in [0.15, 0.2) is 0 Å². The minimum atomic E-state index is 0.0717. The summed E-state index contributed by atoms with van der Waals surface area (Å²) in [5, 5.41) is 3.84. The third-order valence-corrected chi connectivity index (χ3v) is 4.63. The standard InChI is InChI=1S/C16H22ClN3O2/c1-22-15-5-4-12(17)10-14(15)20-9-6-13(11-20)18-16(21)19-7-2-3-8-19/h4-5,10,13H,2-3,6-9,11H2,1H3,(H,18,21)/t13-/m1/s1. The van der Waals surface area contributed by atoms with E-state index in [1.807, 2.05) is 23.1 Å². The van der Waals surface area contributed by atoms with E-state index in [4.69, 9.17) is 16.3 Å². The van der Waals surface area contributed by atoms with E-state index >= 15 is 0 Å². The number of hydrogen-bond acceptors (Lipinski definition) is 3. The Bertz CT molecular complexity index is 546. The van der Waals surface area contributed by atoms with Crippen molar-refractivity contribution in [2.24, 2.45) is 0 Å². The maximum atomic E-state index is 12.2. The Morgan fingerprint density at radius 2 is 2.09 bits per heavy atom. The summed E-state index contributed by atoms with van der Waals surface area (Å²) in [6.45, 7) is 3.44. The first kappa shape index (κ1) is 15.3. The van der Waals surface area contributed by atoms with Gasteiger partial charge in [-0.05, 0) is 37.5 Å². The summed E-state index contributed by atoms with van der Waals surface area (Å²) in [6.07, 6.45) is 3.17. The number of hydrogen-bond donors (Lipinski definition) is 1. The number of methoxy groups -OCH3 is 1. The SMILES string of the molecule is COc1ccc(Cl)cc1N1CC[C@@H](NC(=O)N2CCCC2)C1. The van der Waals surface area contributed by atoms with Gasteiger partial charge in [-0.1, -0.05) is 11.6 Å². The number of nitrogens with one attached hydrogen (secondary N) is 1. The van der Waals surface area contributed by atoms with Crippen molar-refractivity contribution in [3.05, 3.63) is 23.2 Å². The number of carbonyl (C=O) groups excluding carboxylic acids is 1. The van der Waals surface area contributed by atoms with Crippen molar-refractivity contribution in [1.29, 1.82) is 0 Å². The molecule has 2 aliphatic heterocycles. The van der Waals surface area contributed by atoms with Gasteiger partial charge < -0.3 is 19.9 Å². The van der Waals surface area contributed by atoms with Gasteiger partial charge in [0.2, 0.25) is 0 Å². The van der Waals surface area contributed by atoms with Crippen molar-refractivity contribution in [3.63, 3.8) is 0 Å². The second kappa shape index (κ2) is 6.65. The number of nitrogens with zero attached hydrogens (tertiary/aromatic N) is 2. The lowest BCUT2D eigenvalue weighted by Gasteiger charge is -2.23. The Kier molecular flexibility index (Phi) is 4.62. The van der Waals surface area contributed by atoms with Crippen LogP contribution in [0.5, 0.6) is 5.75 Å². The molecule has 1 atom stereocenters. The van der Waals surface area contributed by atoms with Gasteiger partial charge in [0, 0.05) is 37.2 Å². The quantitative estimate of drug-likeness (QED) is 0.930. The zero-order valence-electron chi connectivity index (χ0n) is 12.8. The minimum absolute atomic E-state index is 0.0717. The molecule has 0 spiro atoms. The van der Waals surface area contributed by atoms with Crippen LogP contribution in [0.25, 0.3) is 0 Å². The number of rotatable bonds is 3. The number of benzene rings is 1. The molecule has 3 rings (SSSR count). The maximum absolute atomic E-state index is 12.2. The van der Waals surface area contributed by atoms with E-state index in [9.17, 15) is 4.79 Å². The molecule has 2 fully saturated rings. The molecule has 0 unspecified atom stereocenters. The fraction of sp³-hybridized carbons (Fsp3) is 0.562. The van der Waals surface area contributed by atoms with Gasteiger partial charge in [0.05, 0.1) is 12.8 Å². The summed E-state index contributed by atoms with van der Waals surface area (Å²) < 4.78 is 5.41. The summed E-state index contributed by atoms with van der Waals surface area (Å²) in [5.74, 6) is 0.816. The summed E-state index contributed by atoms with van der Waals surface area (Å²) in [7, 11) is 1.66. The van der Waals surface area contributed by atoms with Crippen LogP contribution in [0.3, 0.4) is 0 Å². The smallest absolute Gasteiger partial charge is 0.317 e. The summed E-state index contributed by atoms with van der Waals surface area (Å²) >= 11 is 6.10. The molecule has 0 radical (unpaired) electrons. The molecule has 22 heavy (non-hydrogen) atoms. The first-order chi connectivity index (χ1) is 10.7. The predicted octanol–water partition coefficient (Wildman–Crippen LogP) is 2.73. The molecule has 0 bridgehead atoms. The van der Waals surface area contributed by atoms with Crippen LogP contribution in [-0.2, 0) is 0 Å². The number of amides is 2. The van der Waals surface area contributed by atoms with E-state index in [2.05, 4.69) is 10.2 Å². The Morgan fingerprint density at radius 3 is 2.82 bits per heavy atom. The number of ether oxygens (including phenoxy) is 1. The fourth-order valence-electron chi connectivity index (χ4n) is 3.19. The van der Waals surface area contributed by atoms with Gasteiger partial charge in [-0.3, -0.25) is 0 Å². The van der Waals surface area contributed by atoms with Crippen molar-refractivity contribution in [2.45, 2.75) is 25.3 Å². The fourth-order valence-corrected chi connectivity index (χ4v) is 3.36. The number of likely N-dealkylation sites (tertiary alicyclic amines) is 1. The predicted molar refractivity (Wildman–Crippen MR) is 88.0 cm³/mol. The lowest BCUT2D eigenvalue weighted by molar-refractivity contribution is 0.205. The van der Waals surface area contributed by atoms with Crippen LogP contribution < -0.4 is 15.0 Å². The number of halogens is 1. The van der Waals surface area contributed by atoms with Gasteiger partial charge in [0.25, 0.3) is 0 Å². The average molecular weight is 324 g/mol. The average Bonchev–Trinajstić information content (AvgIpc) is 3.18. The molecule has 2 heterocycles. The highest BCUT2D eigenvalue weighted by Gasteiger charge is 2.28. The van der Waals surface area contributed by atoms with E-state index in [0.29, 0.717) is 5.02 Å². The van der Waals surface area contributed by atoms with Crippen molar-refractivity contribution in [3.8, 4) is 5.75 Å². The molecule has 2 aliphatic rings. The van der Waals surface area contributed by atoms with Crippen LogP contribution in [0.15, 0.2) is 18.2 Å². The van der Waals surface area contributed by atoms with Gasteiger partial charge >= 0.3 is 6.03 Å². The van der Waals surface area contributed by atoms with E-state index in [0.717, 1.165) is 56.9 Å². The highest BCUT2D eigenvalue weighted by Crippen LogP contribution is 2.33. The Morgan fingerprint density at radius 1 is 1.32 bits per heavy atom. The second-order valence-electron chi connectivity index (χ2n) is 5.89. The molecular formula is C16H22ClN3O2. The van der Waals surface area contributed by atoms with Crippen LogP contribution in [0.4, 0.5) is 10.5 Å². The van der Waals surface area contributed by atoms with Crippen LogP contribution in [0.1, 0.15) is 19.3 Å².